The summed E-state index contributed by atoms with van der Waals surface area (Å²) < 4.78 is 0. The molecule has 5 heteroatoms. The fourth-order valence-electron chi connectivity index (χ4n) is 7.11. The van der Waals surface area contributed by atoms with Crippen molar-refractivity contribution in [3.05, 3.63) is 201 Å². The first kappa shape index (κ1) is 33.5. The Morgan fingerprint density at radius 1 is 0.400 bits per heavy atom. The lowest BCUT2D eigenvalue weighted by molar-refractivity contribution is 1.07. The van der Waals surface area contributed by atoms with Crippen molar-refractivity contribution in [2.45, 2.75) is 6.42 Å². The molecule has 3 heterocycles. The molecule has 0 N–H and O–H groups in total. The summed E-state index contributed by atoms with van der Waals surface area (Å²) >= 11 is 0. The predicted molar refractivity (Wildman–Crippen MR) is 225 cm³/mol. The monoisotopic (exact) mass is 705 g/mol. The summed E-state index contributed by atoms with van der Waals surface area (Å²) in [5.74, 6) is 1.70. The van der Waals surface area contributed by atoms with Crippen LogP contribution >= 0.6 is 0 Å². The average molecular weight is 706 g/mol. The number of hydrogen-bond acceptors (Lipinski definition) is 5. The molecule has 0 bridgehead atoms. The van der Waals surface area contributed by atoms with E-state index in [1.807, 2.05) is 36.4 Å². The van der Waals surface area contributed by atoms with E-state index >= 15 is 0 Å². The molecule has 0 aliphatic heterocycles. The van der Waals surface area contributed by atoms with Gasteiger partial charge in [-0.25, -0.2) is 15.0 Å². The number of pyridine rings is 2. The molecule has 0 spiro atoms. The van der Waals surface area contributed by atoms with Gasteiger partial charge in [0.1, 0.15) is 0 Å². The largest absolute Gasteiger partial charge is 0.264 e. The van der Waals surface area contributed by atoms with Gasteiger partial charge < -0.3 is 0 Å². The Morgan fingerprint density at radius 3 is 1.35 bits per heavy atom. The molecule has 0 saturated heterocycles. The van der Waals surface area contributed by atoms with Crippen LogP contribution in [-0.2, 0) is 6.42 Å². The second kappa shape index (κ2) is 14.9. The van der Waals surface area contributed by atoms with E-state index in [4.69, 9.17) is 15.0 Å². The van der Waals surface area contributed by atoms with E-state index in [1.165, 1.54) is 38.6 Å². The van der Waals surface area contributed by atoms with Gasteiger partial charge in [-0.3, -0.25) is 9.97 Å². The molecule has 0 amide bonds. The molecule has 0 unspecified atom stereocenters. The first-order valence-electron chi connectivity index (χ1n) is 18.3. The summed E-state index contributed by atoms with van der Waals surface area (Å²) in [6.45, 7) is 3.98. The summed E-state index contributed by atoms with van der Waals surface area (Å²) in [4.78, 5) is 23.2. The van der Waals surface area contributed by atoms with Crippen LogP contribution in [0.15, 0.2) is 195 Å². The van der Waals surface area contributed by atoms with Crippen LogP contribution in [0, 0.1) is 0 Å². The van der Waals surface area contributed by atoms with Gasteiger partial charge in [-0.15, -0.1) is 6.58 Å². The highest BCUT2D eigenvalue weighted by molar-refractivity contribution is 5.98. The average Bonchev–Trinajstić information content (AvgIpc) is 3.27. The molecular weight excluding hydrogens is 671 g/mol. The third-order valence-electron chi connectivity index (χ3n) is 9.80. The van der Waals surface area contributed by atoms with E-state index in [0.717, 1.165) is 45.4 Å². The second-order valence-electron chi connectivity index (χ2n) is 13.5. The van der Waals surface area contributed by atoms with Crippen molar-refractivity contribution >= 4 is 10.8 Å². The molecule has 0 radical (unpaired) electrons. The van der Waals surface area contributed by atoms with Crippen molar-refractivity contribution in [2.75, 3.05) is 0 Å². The highest BCUT2D eigenvalue weighted by Crippen LogP contribution is 2.35. The highest BCUT2D eigenvalue weighted by atomic mass is 15.0. The Labute approximate surface area is 320 Å². The van der Waals surface area contributed by atoms with Crippen LogP contribution in [0.1, 0.15) is 5.56 Å². The number of allylic oxidation sites excluding steroid dienone is 1. The summed E-state index contributed by atoms with van der Waals surface area (Å²) in [5, 5.41) is 2.49. The number of aromatic nitrogens is 5. The number of rotatable bonds is 9. The van der Waals surface area contributed by atoms with Crippen LogP contribution in [0.5, 0.6) is 0 Å². The standard InChI is InChI=1S/C50H35N5/c1-2-11-34-26-41-12-3-4-23-46(41)47(27-34)42-19-7-17-39(30-42)37-15-5-13-35(28-37)36-14-6-16-38(29-36)40-18-8-20-43(31-40)48-53-49(44-21-9-24-51-32-44)55-50(54-48)45-22-10-25-52-33-45/h2-10,12-33H,1,11H2. The van der Waals surface area contributed by atoms with Crippen molar-refractivity contribution in [1.29, 1.82) is 0 Å². The lowest BCUT2D eigenvalue weighted by Gasteiger charge is -2.13. The zero-order chi connectivity index (χ0) is 37.0. The Bertz CT molecular complexity index is 2750. The quantitative estimate of drug-likeness (QED) is 0.140. The van der Waals surface area contributed by atoms with Crippen molar-refractivity contribution in [3.8, 4) is 78.7 Å². The fourth-order valence-corrected chi connectivity index (χ4v) is 7.11. The maximum atomic E-state index is 4.90. The number of fused-ring (bicyclic) bond motifs is 1. The second-order valence-corrected chi connectivity index (χ2v) is 13.5. The summed E-state index contributed by atoms with van der Waals surface area (Å²) in [5.41, 5.74) is 13.0. The zero-order valence-electron chi connectivity index (χ0n) is 30.0. The van der Waals surface area contributed by atoms with E-state index in [0.29, 0.717) is 17.5 Å². The lowest BCUT2D eigenvalue weighted by Crippen LogP contribution is -2.00. The van der Waals surface area contributed by atoms with Crippen molar-refractivity contribution in [2.24, 2.45) is 0 Å². The van der Waals surface area contributed by atoms with Crippen LogP contribution in [0.3, 0.4) is 0 Å². The van der Waals surface area contributed by atoms with Crippen LogP contribution < -0.4 is 0 Å². The number of nitrogens with zero attached hydrogens (tertiary/aromatic N) is 5. The summed E-state index contributed by atoms with van der Waals surface area (Å²) in [6, 6.07) is 55.6. The van der Waals surface area contributed by atoms with Gasteiger partial charge in [0.2, 0.25) is 0 Å². The molecule has 9 aromatic rings. The van der Waals surface area contributed by atoms with E-state index in [2.05, 4.69) is 144 Å². The minimum absolute atomic E-state index is 0.560. The first-order chi connectivity index (χ1) is 27.2. The molecule has 0 aliphatic carbocycles. The topological polar surface area (TPSA) is 64.5 Å². The van der Waals surface area contributed by atoms with Crippen LogP contribution in [-0.4, -0.2) is 24.9 Å². The molecule has 5 nitrogen and oxygen atoms in total. The highest BCUT2D eigenvalue weighted by Gasteiger charge is 2.14. The van der Waals surface area contributed by atoms with Crippen LogP contribution in [0.25, 0.3) is 89.4 Å². The third-order valence-corrected chi connectivity index (χ3v) is 9.80. The summed E-state index contributed by atoms with van der Waals surface area (Å²) in [6.07, 6.45) is 9.82. The van der Waals surface area contributed by atoms with Gasteiger partial charge in [0, 0.05) is 41.5 Å². The molecule has 0 aliphatic rings. The van der Waals surface area contributed by atoms with Gasteiger partial charge in [-0.2, -0.15) is 0 Å². The van der Waals surface area contributed by atoms with Crippen molar-refractivity contribution < 1.29 is 0 Å². The van der Waals surface area contributed by atoms with Gasteiger partial charge in [-0.05, 0) is 116 Å². The van der Waals surface area contributed by atoms with Crippen LogP contribution in [0.4, 0.5) is 0 Å². The van der Waals surface area contributed by atoms with Gasteiger partial charge in [0.15, 0.2) is 17.5 Å². The molecule has 55 heavy (non-hydrogen) atoms. The van der Waals surface area contributed by atoms with Gasteiger partial charge in [0.05, 0.1) is 0 Å². The normalized spacial score (nSPS) is 11.1. The minimum Gasteiger partial charge on any atom is -0.264 e. The van der Waals surface area contributed by atoms with E-state index in [1.54, 1.807) is 24.8 Å². The Kier molecular flexibility index (Phi) is 9.09. The fraction of sp³-hybridized carbons (Fsp3) is 0.0200. The predicted octanol–water partition coefficient (Wildman–Crippen LogP) is 12.2. The van der Waals surface area contributed by atoms with Gasteiger partial charge in [-0.1, -0.05) is 115 Å². The van der Waals surface area contributed by atoms with E-state index in [9.17, 15) is 0 Å². The molecule has 0 saturated carbocycles. The molecule has 6 aromatic carbocycles. The molecule has 0 atom stereocenters. The maximum absolute atomic E-state index is 4.90. The van der Waals surface area contributed by atoms with E-state index < -0.39 is 0 Å². The minimum atomic E-state index is 0.560. The SMILES string of the molecule is C=CCc1cc(-c2cccc(-c3cccc(-c4cccc(-c5cccc(-c6nc(-c7cccnc7)nc(-c7cccnc7)n6)c5)c4)c3)c2)c2ccccc2c1. The van der Waals surface area contributed by atoms with E-state index in [-0.39, 0.29) is 0 Å². The third kappa shape index (κ3) is 7.07. The molecule has 260 valence electrons. The van der Waals surface area contributed by atoms with Gasteiger partial charge >= 0.3 is 0 Å². The Balaban J connectivity index is 1.05. The smallest absolute Gasteiger partial charge is 0.165 e. The Morgan fingerprint density at radius 2 is 0.836 bits per heavy atom. The van der Waals surface area contributed by atoms with Crippen LogP contribution in [0.2, 0.25) is 0 Å². The molecular formula is C50H35N5. The molecule has 3 aromatic heterocycles. The molecule has 9 rings (SSSR count). The molecule has 0 fully saturated rings. The zero-order valence-corrected chi connectivity index (χ0v) is 30.0. The maximum Gasteiger partial charge on any atom is 0.165 e. The van der Waals surface area contributed by atoms with Gasteiger partial charge in [0.25, 0.3) is 0 Å². The lowest BCUT2D eigenvalue weighted by atomic mass is 9.92. The van der Waals surface area contributed by atoms with Crippen molar-refractivity contribution in [1.82, 2.24) is 24.9 Å². The first-order valence-corrected chi connectivity index (χ1v) is 18.3. The Hall–Kier alpha value is -7.37. The van der Waals surface area contributed by atoms with Crippen molar-refractivity contribution in [3.63, 3.8) is 0 Å². The number of hydrogen-bond donors (Lipinski definition) is 0. The summed E-state index contributed by atoms with van der Waals surface area (Å²) in [7, 11) is 0. The number of benzene rings is 6.